The lowest BCUT2D eigenvalue weighted by Crippen LogP contribution is -2.57. The van der Waals surface area contributed by atoms with Crippen molar-refractivity contribution in [1.82, 2.24) is 19.0 Å². The third-order valence-corrected chi connectivity index (χ3v) is 7.46. The van der Waals surface area contributed by atoms with Gasteiger partial charge in [0.2, 0.25) is 11.8 Å². The van der Waals surface area contributed by atoms with E-state index in [4.69, 9.17) is 14.2 Å². The molecule has 0 unspecified atom stereocenters. The minimum atomic E-state index is -0.532. The Morgan fingerprint density at radius 2 is 1.51 bits per heavy atom. The first-order chi connectivity index (χ1) is 21.6. The largest absolute Gasteiger partial charge is 0.473 e. The summed E-state index contributed by atoms with van der Waals surface area (Å²) in [6.07, 6.45) is -0.314. The maximum atomic E-state index is 13.7. The van der Waals surface area contributed by atoms with Crippen molar-refractivity contribution in [2.24, 2.45) is 7.05 Å². The summed E-state index contributed by atoms with van der Waals surface area (Å²) in [6, 6.07) is 29.1. The molecule has 3 aromatic carbocycles. The van der Waals surface area contributed by atoms with Gasteiger partial charge in [-0.25, -0.2) is 9.59 Å². The van der Waals surface area contributed by atoms with Crippen LogP contribution in [0.5, 0.6) is 11.8 Å². The molecule has 0 saturated carbocycles. The number of pyridine rings is 1. The number of aryl methyl sites for hydroxylation is 1. The van der Waals surface area contributed by atoms with E-state index in [0.29, 0.717) is 36.8 Å². The highest BCUT2D eigenvalue weighted by Crippen LogP contribution is 2.29. The molecular weight excluding hydrogens is 570 g/mol. The third-order valence-electron chi connectivity index (χ3n) is 7.46. The van der Waals surface area contributed by atoms with Crippen LogP contribution in [-0.2, 0) is 25.0 Å². The maximum absolute atomic E-state index is 13.7. The average molecular weight is 608 g/mol. The average Bonchev–Trinajstić information content (AvgIpc) is 3.25. The summed E-state index contributed by atoms with van der Waals surface area (Å²) >= 11 is 0. The van der Waals surface area contributed by atoms with E-state index in [9.17, 15) is 9.59 Å². The van der Waals surface area contributed by atoms with Gasteiger partial charge in [0.25, 0.3) is 0 Å². The molecule has 1 fully saturated rings. The molecule has 0 radical (unpaired) electrons. The van der Waals surface area contributed by atoms with Gasteiger partial charge in [0, 0.05) is 31.9 Å². The van der Waals surface area contributed by atoms with Crippen LogP contribution in [0, 0.1) is 0 Å². The van der Waals surface area contributed by atoms with Crippen LogP contribution in [0.15, 0.2) is 95.8 Å². The molecule has 10 nitrogen and oxygen atoms in total. The van der Waals surface area contributed by atoms with Crippen molar-refractivity contribution >= 4 is 22.8 Å². The van der Waals surface area contributed by atoms with E-state index in [-0.39, 0.29) is 30.3 Å². The molecule has 232 valence electrons. The highest BCUT2D eigenvalue weighted by molar-refractivity contribution is 5.82. The molecular formula is C35H37N5O5. The zero-order chi connectivity index (χ0) is 31.6. The van der Waals surface area contributed by atoms with E-state index in [1.54, 1.807) is 33.2 Å². The number of fused-ring (bicyclic) bond motifs is 1. The number of carbonyl (C=O) groups excluding carboxylic acids is 1. The van der Waals surface area contributed by atoms with E-state index in [1.807, 2.05) is 99.6 Å². The van der Waals surface area contributed by atoms with Gasteiger partial charge < -0.3 is 24.4 Å². The molecule has 6 rings (SSSR count). The van der Waals surface area contributed by atoms with Crippen LogP contribution in [0.1, 0.15) is 31.9 Å². The normalized spacial score (nSPS) is 13.4. The van der Waals surface area contributed by atoms with Crippen molar-refractivity contribution in [2.75, 3.05) is 18.4 Å². The van der Waals surface area contributed by atoms with Gasteiger partial charge in [-0.15, -0.1) is 0 Å². The summed E-state index contributed by atoms with van der Waals surface area (Å²) in [7, 11) is 1.74. The molecule has 1 amide bonds. The fourth-order valence-electron chi connectivity index (χ4n) is 5.17. The summed E-state index contributed by atoms with van der Waals surface area (Å²) in [5, 5.41) is 3.47. The van der Waals surface area contributed by atoms with E-state index in [0.717, 1.165) is 22.3 Å². The van der Waals surface area contributed by atoms with Crippen LogP contribution in [0.2, 0.25) is 0 Å². The Hall–Kier alpha value is -5.25. The van der Waals surface area contributed by atoms with Gasteiger partial charge >= 0.3 is 11.8 Å². The van der Waals surface area contributed by atoms with Crippen molar-refractivity contribution in [1.29, 1.82) is 0 Å². The Bertz CT molecular complexity index is 1860. The molecule has 1 aliphatic rings. The van der Waals surface area contributed by atoms with Gasteiger partial charge in [-0.1, -0.05) is 60.7 Å². The number of likely N-dealkylation sites (tertiary alicyclic amines) is 1. The van der Waals surface area contributed by atoms with E-state index in [1.165, 1.54) is 0 Å². The Morgan fingerprint density at radius 1 is 0.867 bits per heavy atom. The van der Waals surface area contributed by atoms with Gasteiger partial charge in [0.15, 0.2) is 0 Å². The lowest BCUT2D eigenvalue weighted by atomic mass is 10.1. The summed E-state index contributed by atoms with van der Waals surface area (Å²) in [6.45, 7) is 7.28. The summed E-state index contributed by atoms with van der Waals surface area (Å²) in [4.78, 5) is 32.4. The molecule has 1 aliphatic heterocycles. The van der Waals surface area contributed by atoms with Crippen molar-refractivity contribution in [3.63, 3.8) is 0 Å². The predicted molar refractivity (Wildman–Crippen MR) is 173 cm³/mol. The van der Waals surface area contributed by atoms with E-state index >= 15 is 0 Å². The fourth-order valence-corrected chi connectivity index (χ4v) is 5.17. The Balaban J connectivity index is 1.25. The van der Waals surface area contributed by atoms with E-state index in [2.05, 4.69) is 10.3 Å². The SMILES string of the molecule is Cn1c(=O)n(-c2ccc(OCc3ccccc3)nc2OCc2ccccc2)c2ccc(NC3CN(C(=O)OC(C)(C)C)C3)cc21. The van der Waals surface area contributed by atoms with Gasteiger partial charge in [0.1, 0.15) is 24.5 Å². The predicted octanol–water partition coefficient (Wildman–Crippen LogP) is 5.91. The molecule has 5 aromatic rings. The van der Waals surface area contributed by atoms with Gasteiger partial charge in [-0.2, -0.15) is 4.98 Å². The smallest absolute Gasteiger partial charge is 0.410 e. The number of hydrogen-bond acceptors (Lipinski definition) is 7. The molecule has 0 spiro atoms. The molecule has 3 heterocycles. The second-order valence-corrected chi connectivity index (χ2v) is 12.1. The van der Waals surface area contributed by atoms with Crippen LogP contribution in [0.25, 0.3) is 16.7 Å². The van der Waals surface area contributed by atoms with Crippen molar-refractivity contribution in [3.05, 3.63) is 113 Å². The Kier molecular flexibility index (Phi) is 8.21. The monoisotopic (exact) mass is 607 g/mol. The highest BCUT2D eigenvalue weighted by atomic mass is 16.6. The maximum Gasteiger partial charge on any atom is 0.410 e. The molecule has 45 heavy (non-hydrogen) atoms. The number of nitrogens with one attached hydrogen (secondary N) is 1. The van der Waals surface area contributed by atoms with Gasteiger partial charge in [-0.3, -0.25) is 9.13 Å². The zero-order valence-electron chi connectivity index (χ0n) is 25.9. The number of imidazole rings is 1. The Labute approximate surface area is 261 Å². The first-order valence-electron chi connectivity index (χ1n) is 15.0. The second-order valence-electron chi connectivity index (χ2n) is 12.1. The lowest BCUT2D eigenvalue weighted by Gasteiger charge is -2.40. The molecule has 0 aliphatic carbocycles. The Morgan fingerprint density at radius 3 is 2.16 bits per heavy atom. The number of amides is 1. The molecule has 1 saturated heterocycles. The van der Waals surface area contributed by atoms with Gasteiger partial charge in [0.05, 0.1) is 17.1 Å². The third kappa shape index (κ3) is 6.80. The van der Waals surface area contributed by atoms with Crippen LogP contribution >= 0.6 is 0 Å². The number of anilines is 1. The first kappa shape index (κ1) is 29.8. The molecule has 2 aromatic heterocycles. The molecule has 1 N–H and O–H groups in total. The van der Waals surface area contributed by atoms with Crippen LogP contribution in [0.3, 0.4) is 0 Å². The quantitative estimate of drug-likeness (QED) is 0.222. The topological polar surface area (TPSA) is 99.9 Å². The molecule has 0 atom stereocenters. The number of rotatable bonds is 9. The number of carbonyl (C=O) groups is 1. The zero-order valence-corrected chi connectivity index (χ0v) is 25.9. The van der Waals surface area contributed by atoms with E-state index < -0.39 is 5.60 Å². The van der Waals surface area contributed by atoms with Crippen molar-refractivity contribution < 1.29 is 19.0 Å². The lowest BCUT2D eigenvalue weighted by molar-refractivity contribution is 0.0105. The minimum absolute atomic E-state index is 0.0831. The fraction of sp³-hybridized carbons (Fsp3) is 0.286. The number of benzene rings is 3. The standard InChI is InChI=1S/C35H37N5O5/c1-35(2,3)45-34(42)39-20-27(21-39)36-26-15-16-28-30(19-26)38(4)33(41)40(28)29-17-18-31(43-22-24-11-7-5-8-12-24)37-32(29)44-23-25-13-9-6-10-14-25/h5-19,27,36H,20-23H2,1-4H3. The first-order valence-corrected chi connectivity index (χ1v) is 15.0. The second kappa shape index (κ2) is 12.4. The van der Waals surface area contributed by atoms with Crippen LogP contribution in [0.4, 0.5) is 10.5 Å². The highest BCUT2D eigenvalue weighted by Gasteiger charge is 2.33. The van der Waals surface area contributed by atoms with Gasteiger partial charge in [-0.05, 0) is 56.2 Å². The summed E-state index contributed by atoms with van der Waals surface area (Å²) in [5.41, 5.74) is 4.05. The summed E-state index contributed by atoms with van der Waals surface area (Å²) < 4.78 is 20.9. The molecule has 10 heteroatoms. The van der Waals surface area contributed by atoms with Crippen LogP contribution in [-0.4, -0.2) is 49.8 Å². The number of aromatic nitrogens is 3. The minimum Gasteiger partial charge on any atom is -0.473 e. The number of hydrogen-bond donors (Lipinski definition) is 1. The van der Waals surface area contributed by atoms with Crippen molar-refractivity contribution in [2.45, 2.75) is 45.6 Å². The molecule has 0 bridgehead atoms. The number of nitrogens with zero attached hydrogens (tertiary/aromatic N) is 4. The summed E-state index contributed by atoms with van der Waals surface area (Å²) in [5.74, 6) is 0.685. The number of ether oxygens (including phenoxy) is 3. The van der Waals surface area contributed by atoms with Crippen LogP contribution < -0.4 is 20.5 Å². The van der Waals surface area contributed by atoms with Crippen molar-refractivity contribution in [3.8, 4) is 17.4 Å².